The van der Waals surface area contributed by atoms with Crippen LogP contribution in [0.15, 0.2) is 24.3 Å². The second-order valence-corrected chi connectivity index (χ2v) is 7.42. The van der Waals surface area contributed by atoms with E-state index < -0.39 is 21.1 Å². The van der Waals surface area contributed by atoms with Crippen LogP contribution in [0.25, 0.3) is 0 Å². The number of sulfone groups is 1. The van der Waals surface area contributed by atoms with Gasteiger partial charge in [0.1, 0.15) is 0 Å². The number of nitrogens with zero attached hydrogens (tertiary/aromatic N) is 1. The molecule has 0 saturated carbocycles. The van der Waals surface area contributed by atoms with Crippen molar-refractivity contribution in [2.45, 2.75) is 12.2 Å². The molecule has 1 aliphatic heterocycles. The molecule has 0 bridgehead atoms. The lowest BCUT2D eigenvalue weighted by atomic mass is 10.1. The Kier molecular flexibility index (Phi) is 4.32. The molecule has 1 amide bonds. The summed E-state index contributed by atoms with van der Waals surface area (Å²) in [7, 11) is -1.80. The zero-order valence-corrected chi connectivity index (χ0v) is 12.7. The number of likely N-dealkylation sites (tertiary alicyclic amines) is 1. The molecule has 0 N–H and O–H groups in total. The number of carbonyl (C=O) groups is 2. The van der Waals surface area contributed by atoms with E-state index in [1.54, 1.807) is 6.92 Å². The molecule has 1 heterocycles. The van der Waals surface area contributed by atoms with Gasteiger partial charge < -0.3 is 9.64 Å². The lowest BCUT2D eigenvalue weighted by Gasteiger charge is -2.38. The van der Waals surface area contributed by atoms with Gasteiger partial charge in [-0.1, -0.05) is 6.92 Å². The predicted molar refractivity (Wildman–Crippen MR) is 76.9 cm³/mol. The Labute approximate surface area is 123 Å². The smallest absolute Gasteiger partial charge is 0.337 e. The highest BCUT2D eigenvalue weighted by molar-refractivity contribution is 7.92. The van der Waals surface area contributed by atoms with E-state index in [2.05, 4.69) is 4.74 Å². The molecule has 114 valence electrons. The fourth-order valence-electron chi connectivity index (χ4n) is 2.12. The summed E-state index contributed by atoms with van der Waals surface area (Å²) < 4.78 is 27.9. The third-order valence-electron chi connectivity index (χ3n) is 3.60. The van der Waals surface area contributed by atoms with E-state index in [0.717, 1.165) is 0 Å². The van der Waals surface area contributed by atoms with Gasteiger partial charge in [0.25, 0.3) is 5.91 Å². The van der Waals surface area contributed by atoms with Crippen molar-refractivity contribution in [1.29, 1.82) is 0 Å². The molecule has 7 heteroatoms. The molecular formula is C14H17NO5S. The summed E-state index contributed by atoms with van der Waals surface area (Å²) in [5.74, 6) is -0.603. The van der Waals surface area contributed by atoms with Gasteiger partial charge in [0, 0.05) is 24.4 Å². The molecule has 21 heavy (non-hydrogen) atoms. The maximum absolute atomic E-state index is 12.2. The molecular weight excluding hydrogens is 294 g/mol. The minimum Gasteiger partial charge on any atom is -0.465 e. The summed E-state index contributed by atoms with van der Waals surface area (Å²) in [6, 6.07) is 6.10. The van der Waals surface area contributed by atoms with Crippen LogP contribution in [0.5, 0.6) is 0 Å². The van der Waals surface area contributed by atoms with E-state index in [4.69, 9.17) is 0 Å². The van der Waals surface area contributed by atoms with E-state index >= 15 is 0 Å². The number of hydrogen-bond donors (Lipinski definition) is 0. The molecule has 1 aromatic rings. The van der Waals surface area contributed by atoms with Crippen molar-refractivity contribution in [3.63, 3.8) is 0 Å². The lowest BCUT2D eigenvalue weighted by molar-refractivity contribution is 0.0598. The van der Waals surface area contributed by atoms with Crippen molar-refractivity contribution >= 4 is 21.7 Å². The maximum Gasteiger partial charge on any atom is 0.337 e. The number of benzene rings is 1. The van der Waals surface area contributed by atoms with Crippen LogP contribution in [-0.4, -0.2) is 56.4 Å². The average Bonchev–Trinajstić information content (AvgIpc) is 2.44. The van der Waals surface area contributed by atoms with Gasteiger partial charge in [-0.25, -0.2) is 13.2 Å². The zero-order valence-electron chi connectivity index (χ0n) is 11.9. The van der Waals surface area contributed by atoms with Gasteiger partial charge in [-0.15, -0.1) is 0 Å². The molecule has 1 fully saturated rings. The summed E-state index contributed by atoms with van der Waals surface area (Å²) >= 11 is 0. The van der Waals surface area contributed by atoms with Crippen LogP contribution in [0, 0.1) is 0 Å². The monoisotopic (exact) mass is 311 g/mol. The quantitative estimate of drug-likeness (QED) is 0.766. The highest BCUT2D eigenvalue weighted by atomic mass is 32.2. The Morgan fingerprint density at radius 2 is 1.71 bits per heavy atom. The van der Waals surface area contributed by atoms with Gasteiger partial charge in [-0.05, 0) is 24.3 Å². The lowest BCUT2D eigenvalue weighted by Crippen LogP contribution is -2.57. The number of esters is 1. The molecule has 0 spiro atoms. The van der Waals surface area contributed by atoms with Crippen LogP contribution >= 0.6 is 0 Å². The van der Waals surface area contributed by atoms with Crippen LogP contribution in [0.4, 0.5) is 0 Å². The van der Waals surface area contributed by atoms with Gasteiger partial charge in [0.05, 0.1) is 17.9 Å². The number of rotatable bonds is 4. The summed E-state index contributed by atoms with van der Waals surface area (Å²) in [6.07, 6.45) is 0. The maximum atomic E-state index is 12.2. The summed E-state index contributed by atoms with van der Waals surface area (Å²) in [5.41, 5.74) is 0.791. The molecule has 0 radical (unpaired) electrons. The molecule has 0 aliphatic carbocycles. The van der Waals surface area contributed by atoms with E-state index in [1.165, 1.54) is 36.3 Å². The van der Waals surface area contributed by atoms with Crippen molar-refractivity contribution in [1.82, 2.24) is 4.90 Å². The predicted octanol–water partition coefficient (Wildman–Crippen LogP) is 0.732. The highest BCUT2D eigenvalue weighted by Crippen LogP contribution is 2.20. The van der Waals surface area contributed by atoms with Crippen LogP contribution in [0.3, 0.4) is 0 Å². The molecule has 0 aromatic heterocycles. The van der Waals surface area contributed by atoms with Crippen molar-refractivity contribution in [2.24, 2.45) is 0 Å². The second-order valence-electron chi connectivity index (χ2n) is 4.85. The fourth-order valence-corrected chi connectivity index (χ4v) is 3.40. The number of ether oxygens (including phenoxy) is 1. The normalized spacial score (nSPS) is 15.4. The van der Waals surface area contributed by atoms with Crippen molar-refractivity contribution in [3.8, 4) is 0 Å². The van der Waals surface area contributed by atoms with Gasteiger partial charge in [0.2, 0.25) is 0 Å². The summed E-state index contributed by atoms with van der Waals surface area (Å²) in [4.78, 5) is 24.9. The Morgan fingerprint density at radius 3 is 2.19 bits per heavy atom. The Bertz CT molecular complexity index is 644. The molecule has 1 aliphatic rings. The van der Waals surface area contributed by atoms with E-state index in [0.29, 0.717) is 11.1 Å². The third-order valence-corrected chi connectivity index (χ3v) is 5.72. The zero-order chi connectivity index (χ0) is 15.6. The molecule has 6 nitrogen and oxygen atoms in total. The topological polar surface area (TPSA) is 80.8 Å². The number of carbonyl (C=O) groups excluding carboxylic acids is 2. The van der Waals surface area contributed by atoms with Crippen LogP contribution in [0.1, 0.15) is 27.6 Å². The van der Waals surface area contributed by atoms with Crippen LogP contribution < -0.4 is 0 Å². The SMILES string of the molecule is CCS(=O)(=O)C1CN(C(=O)c2ccc(C(=O)OC)cc2)C1. The van der Waals surface area contributed by atoms with E-state index in [-0.39, 0.29) is 24.7 Å². The van der Waals surface area contributed by atoms with Crippen molar-refractivity contribution in [3.05, 3.63) is 35.4 Å². The van der Waals surface area contributed by atoms with E-state index in [9.17, 15) is 18.0 Å². The summed E-state index contributed by atoms with van der Waals surface area (Å²) in [5, 5.41) is -0.458. The average molecular weight is 311 g/mol. The Morgan fingerprint density at radius 1 is 1.19 bits per heavy atom. The Hall–Kier alpha value is -1.89. The molecule has 0 atom stereocenters. The largest absolute Gasteiger partial charge is 0.465 e. The van der Waals surface area contributed by atoms with Gasteiger partial charge >= 0.3 is 5.97 Å². The first-order chi connectivity index (χ1) is 9.89. The minimum absolute atomic E-state index is 0.0908. The van der Waals surface area contributed by atoms with Crippen molar-refractivity contribution in [2.75, 3.05) is 26.0 Å². The fraction of sp³-hybridized carbons (Fsp3) is 0.429. The Balaban J connectivity index is 2.01. The number of methoxy groups -OCH3 is 1. The number of amides is 1. The molecule has 2 rings (SSSR count). The minimum atomic E-state index is -3.09. The first kappa shape index (κ1) is 15.5. The first-order valence-electron chi connectivity index (χ1n) is 6.58. The van der Waals surface area contributed by atoms with E-state index in [1.807, 2.05) is 0 Å². The highest BCUT2D eigenvalue weighted by Gasteiger charge is 2.38. The number of hydrogen-bond acceptors (Lipinski definition) is 5. The van der Waals surface area contributed by atoms with Crippen LogP contribution in [0.2, 0.25) is 0 Å². The third kappa shape index (κ3) is 3.07. The van der Waals surface area contributed by atoms with Gasteiger partial charge in [-0.3, -0.25) is 4.79 Å². The standard InChI is InChI=1S/C14H17NO5S/c1-3-21(18,19)12-8-15(9-12)13(16)10-4-6-11(7-5-10)14(17)20-2/h4-7,12H,3,8-9H2,1-2H3. The molecule has 1 saturated heterocycles. The van der Waals surface area contributed by atoms with Gasteiger partial charge in [0.15, 0.2) is 9.84 Å². The molecule has 1 aromatic carbocycles. The summed E-state index contributed by atoms with van der Waals surface area (Å²) in [6.45, 7) is 2.06. The van der Waals surface area contributed by atoms with Gasteiger partial charge in [-0.2, -0.15) is 0 Å². The first-order valence-corrected chi connectivity index (χ1v) is 8.29. The molecule has 0 unspecified atom stereocenters. The van der Waals surface area contributed by atoms with Crippen LogP contribution in [-0.2, 0) is 14.6 Å². The second kappa shape index (κ2) is 5.85. The van der Waals surface area contributed by atoms with Crippen molar-refractivity contribution < 1.29 is 22.7 Å².